The zero-order valence-electron chi connectivity index (χ0n) is 25.8. The zero-order chi connectivity index (χ0) is 31.9. The first-order valence-corrected chi connectivity index (χ1v) is 17.6. The molecule has 1 N–H and O–H groups in total. The lowest BCUT2D eigenvalue weighted by Gasteiger charge is -2.35. The Morgan fingerprint density at radius 3 is 2.57 bits per heavy atom. The predicted molar refractivity (Wildman–Crippen MR) is 176 cm³/mol. The maximum absolute atomic E-state index is 13.7. The monoisotopic (exact) mass is 667 g/mol. The molecular weight excluding hydrogens is 630 g/mol. The van der Waals surface area contributed by atoms with Crippen molar-refractivity contribution < 1.29 is 17.6 Å². The van der Waals surface area contributed by atoms with E-state index in [1.165, 1.54) is 21.8 Å². The lowest BCUT2D eigenvalue weighted by atomic mass is 10.2. The van der Waals surface area contributed by atoms with Crippen molar-refractivity contribution in [2.45, 2.75) is 45.7 Å². The van der Waals surface area contributed by atoms with E-state index in [2.05, 4.69) is 26.6 Å². The molecule has 2 aromatic heterocycles. The Morgan fingerprint density at radius 2 is 1.83 bits per heavy atom. The number of nitrogens with one attached hydrogen (secondary N) is 1. The predicted octanol–water partition coefficient (Wildman–Crippen LogP) is 3.96. The van der Waals surface area contributed by atoms with E-state index in [-0.39, 0.29) is 36.4 Å². The largest absolute Gasteiger partial charge is 0.486 e. The van der Waals surface area contributed by atoms with Gasteiger partial charge in [-0.1, -0.05) is 30.7 Å². The Bertz CT molecular complexity index is 1890. The summed E-state index contributed by atoms with van der Waals surface area (Å²) in [7, 11) is -3.76. The number of oxazole rings is 1. The fraction of sp³-hybridized carbons (Fsp3) is 0.469. The molecule has 0 bridgehead atoms. The summed E-state index contributed by atoms with van der Waals surface area (Å²) in [5.41, 5.74) is 2.99. The van der Waals surface area contributed by atoms with E-state index < -0.39 is 10.2 Å². The van der Waals surface area contributed by atoms with E-state index in [4.69, 9.17) is 20.8 Å². The van der Waals surface area contributed by atoms with Gasteiger partial charge < -0.3 is 14.1 Å². The van der Waals surface area contributed by atoms with Gasteiger partial charge in [0, 0.05) is 43.2 Å². The minimum atomic E-state index is -3.76. The smallest absolute Gasteiger partial charge is 0.316 e. The number of aromatic nitrogens is 3. The first kappa shape index (κ1) is 31.1. The fourth-order valence-corrected chi connectivity index (χ4v) is 7.31. The normalized spacial score (nSPS) is 18.8. The molecule has 0 unspecified atom stereocenters. The van der Waals surface area contributed by atoms with Crippen molar-refractivity contribution >= 4 is 38.6 Å². The number of hydrogen-bond donors (Lipinski definition) is 1. The summed E-state index contributed by atoms with van der Waals surface area (Å²) in [5, 5.41) is 4.93. The minimum absolute atomic E-state index is 0.0560. The second-order valence-electron chi connectivity index (χ2n) is 12.8. The van der Waals surface area contributed by atoms with Gasteiger partial charge in [-0.3, -0.25) is 9.69 Å². The molecule has 1 aliphatic carbocycles. The second-order valence-corrected chi connectivity index (χ2v) is 15.0. The molecule has 2 aliphatic heterocycles. The topological polar surface area (TPSA) is 126 Å². The van der Waals surface area contributed by atoms with Crippen molar-refractivity contribution in [2.24, 2.45) is 5.41 Å². The molecule has 4 aromatic rings. The Balaban J connectivity index is 1.01. The molecule has 4 heterocycles. The van der Waals surface area contributed by atoms with Crippen LogP contribution in [0.4, 0.5) is 5.69 Å². The number of anilines is 1. The first-order valence-electron chi connectivity index (χ1n) is 15.8. The molecule has 0 atom stereocenters. The lowest BCUT2D eigenvalue weighted by Crippen LogP contribution is -2.52. The first-order chi connectivity index (χ1) is 22.2. The van der Waals surface area contributed by atoms with Crippen LogP contribution >= 0.6 is 11.6 Å². The molecule has 0 spiro atoms. The number of ether oxygens (including phenoxy) is 1. The van der Waals surface area contributed by atoms with Gasteiger partial charge in [0.15, 0.2) is 5.58 Å². The Hall–Kier alpha value is -3.49. The number of nitrogens with zero attached hydrogens (tertiary/aromatic N) is 6. The van der Waals surface area contributed by atoms with E-state index in [1.54, 1.807) is 30.5 Å². The third kappa shape index (κ3) is 6.79. The van der Waals surface area contributed by atoms with Crippen LogP contribution in [-0.2, 0) is 23.3 Å². The number of hydrogen-bond acceptors (Lipinski definition) is 9. The maximum atomic E-state index is 13.7. The van der Waals surface area contributed by atoms with Crippen LogP contribution in [0.1, 0.15) is 44.1 Å². The highest BCUT2D eigenvalue weighted by molar-refractivity contribution is 7.87. The van der Waals surface area contributed by atoms with Crippen LogP contribution in [0.25, 0.3) is 16.8 Å². The van der Waals surface area contributed by atoms with Crippen molar-refractivity contribution in [2.75, 3.05) is 50.8 Å². The van der Waals surface area contributed by atoms with Gasteiger partial charge in [0.1, 0.15) is 11.2 Å². The van der Waals surface area contributed by atoms with E-state index in [0.29, 0.717) is 54.1 Å². The number of fused-ring (bicyclic) bond motifs is 1. The highest BCUT2D eigenvalue weighted by Gasteiger charge is 2.39. The van der Waals surface area contributed by atoms with Gasteiger partial charge in [-0.05, 0) is 74.7 Å². The molecule has 12 nitrogen and oxygen atoms in total. The van der Waals surface area contributed by atoms with Crippen molar-refractivity contribution in [3.8, 4) is 11.4 Å². The summed E-state index contributed by atoms with van der Waals surface area (Å²) < 4.78 is 44.1. The summed E-state index contributed by atoms with van der Waals surface area (Å²) >= 11 is 6.18. The quantitative estimate of drug-likeness (QED) is 0.253. The molecule has 0 radical (unpaired) electrons. The third-order valence-corrected chi connectivity index (χ3v) is 10.9. The van der Waals surface area contributed by atoms with E-state index in [1.807, 2.05) is 23.1 Å². The average molecular weight is 668 g/mol. The number of halogens is 1. The summed E-state index contributed by atoms with van der Waals surface area (Å²) in [5.74, 6) is 0.893. The molecule has 2 saturated heterocycles. The van der Waals surface area contributed by atoms with Gasteiger partial charge in [0.25, 0.3) is 10.2 Å². The standard InChI is InChI=1S/C32H38ClN7O5S/c1-32(9-10-32)22-44-30-27(20-34-40(31(30)41)25-6-4-5-24(33)18-25)38-13-15-39(16-14-38)46(42,43)35-19-23-7-8-28-26(17-23)36-29(45-28)21-37-11-2-3-12-37/h4-8,17-18,20,35H,2-3,9-16,19,21-22H2,1H3. The minimum Gasteiger partial charge on any atom is -0.486 e. The Labute approximate surface area is 273 Å². The molecule has 0 amide bonds. The van der Waals surface area contributed by atoms with E-state index >= 15 is 0 Å². The van der Waals surface area contributed by atoms with Crippen LogP contribution in [0.3, 0.4) is 0 Å². The van der Waals surface area contributed by atoms with Crippen LogP contribution in [0.15, 0.2) is 57.9 Å². The zero-order valence-corrected chi connectivity index (χ0v) is 27.4. The molecule has 3 aliphatic rings. The second kappa shape index (κ2) is 12.6. The molecular formula is C32H38ClN7O5S. The van der Waals surface area contributed by atoms with Crippen LogP contribution < -0.4 is 19.9 Å². The summed E-state index contributed by atoms with van der Waals surface area (Å²) in [6.45, 7) is 6.73. The highest BCUT2D eigenvalue weighted by atomic mass is 35.5. The number of rotatable bonds is 11. The summed E-state index contributed by atoms with van der Waals surface area (Å²) in [6.07, 6.45) is 6.11. The fourth-order valence-electron chi connectivity index (χ4n) is 5.95. The average Bonchev–Trinajstić information content (AvgIpc) is 3.37. The number of likely N-dealkylation sites (tertiary alicyclic amines) is 1. The highest BCUT2D eigenvalue weighted by Crippen LogP contribution is 2.45. The Morgan fingerprint density at radius 1 is 1.04 bits per heavy atom. The summed E-state index contributed by atoms with van der Waals surface area (Å²) in [4.78, 5) is 22.6. The van der Waals surface area contributed by atoms with E-state index in [9.17, 15) is 13.2 Å². The van der Waals surface area contributed by atoms with Crippen LogP contribution in [0.2, 0.25) is 5.02 Å². The SMILES string of the molecule is CC1(COc2c(N3CCN(S(=O)(=O)NCc4ccc5oc(CN6CCCC6)nc5c4)CC3)cnn(-c3cccc(Cl)c3)c2=O)CC1. The van der Waals surface area contributed by atoms with E-state index in [0.717, 1.165) is 37.0 Å². The van der Waals surface area contributed by atoms with Gasteiger partial charge in [0.05, 0.1) is 25.0 Å². The third-order valence-electron chi connectivity index (χ3n) is 9.07. The molecule has 1 saturated carbocycles. The van der Waals surface area contributed by atoms with Gasteiger partial charge in [-0.2, -0.15) is 27.2 Å². The maximum Gasteiger partial charge on any atom is 0.316 e. The molecule has 244 valence electrons. The van der Waals surface area contributed by atoms with Gasteiger partial charge in [-0.25, -0.2) is 4.98 Å². The van der Waals surface area contributed by atoms with Crippen LogP contribution in [0.5, 0.6) is 5.75 Å². The van der Waals surface area contributed by atoms with Crippen LogP contribution in [-0.4, -0.2) is 78.3 Å². The number of benzene rings is 2. The summed E-state index contributed by atoms with van der Waals surface area (Å²) in [6, 6.07) is 12.5. The van der Waals surface area contributed by atoms with Crippen molar-refractivity contribution in [1.82, 2.24) is 28.7 Å². The van der Waals surface area contributed by atoms with Gasteiger partial charge in [0.2, 0.25) is 11.6 Å². The molecule has 2 aromatic carbocycles. The van der Waals surface area contributed by atoms with Crippen molar-refractivity contribution in [1.29, 1.82) is 0 Å². The molecule has 46 heavy (non-hydrogen) atoms. The van der Waals surface area contributed by atoms with Crippen LogP contribution in [0, 0.1) is 5.41 Å². The lowest BCUT2D eigenvalue weighted by molar-refractivity contribution is 0.242. The number of piperazine rings is 1. The molecule has 14 heteroatoms. The van der Waals surface area contributed by atoms with Gasteiger partial charge >= 0.3 is 5.56 Å². The Kier molecular flexibility index (Phi) is 8.53. The van der Waals surface area contributed by atoms with Crippen molar-refractivity contribution in [3.05, 3.63) is 75.5 Å². The van der Waals surface area contributed by atoms with Crippen molar-refractivity contribution in [3.63, 3.8) is 0 Å². The van der Waals surface area contributed by atoms with Gasteiger partial charge in [-0.15, -0.1) is 0 Å². The molecule has 7 rings (SSSR count). The molecule has 3 fully saturated rings.